The lowest BCUT2D eigenvalue weighted by Crippen LogP contribution is -2.12. The summed E-state index contributed by atoms with van der Waals surface area (Å²) in [6, 6.07) is 25.6. The fourth-order valence-corrected chi connectivity index (χ4v) is 3.40. The standard InChI is InChI=1S/C24H16N2O3/c27-21-14-16(12-13-19(21)24-26-20-10-3-4-11-22(20)29-24)25-23(28)18-9-5-7-15-6-1-2-8-17(15)18/h1-14,27H,(H,25,28). The van der Waals surface area contributed by atoms with Crippen molar-refractivity contribution in [3.63, 3.8) is 0 Å². The Hall–Kier alpha value is -4.12. The first-order valence-electron chi connectivity index (χ1n) is 9.17. The highest BCUT2D eigenvalue weighted by Gasteiger charge is 2.15. The number of fused-ring (bicyclic) bond motifs is 2. The van der Waals surface area contributed by atoms with Crippen molar-refractivity contribution in [2.24, 2.45) is 0 Å². The van der Waals surface area contributed by atoms with Gasteiger partial charge >= 0.3 is 0 Å². The maximum Gasteiger partial charge on any atom is 0.256 e. The van der Waals surface area contributed by atoms with Gasteiger partial charge in [-0.3, -0.25) is 4.79 Å². The third kappa shape index (κ3) is 3.08. The van der Waals surface area contributed by atoms with Gasteiger partial charge in [-0.05, 0) is 41.1 Å². The number of nitrogens with one attached hydrogen (secondary N) is 1. The molecule has 5 heteroatoms. The van der Waals surface area contributed by atoms with E-state index in [2.05, 4.69) is 10.3 Å². The van der Waals surface area contributed by atoms with Crippen LogP contribution in [0.5, 0.6) is 5.75 Å². The second-order valence-electron chi connectivity index (χ2n) is 6.70. The van der Waals surface area contributed by atoms with Crippen molar-refractivity contribution in [1.82, 2.24) is 4.98 Å². The molecule has 0 aliphatic carbocycles. The molecule has 0 bridgehead atoms. The van der Waals surface area contributed by atoms with Crippen molar-refractivity contribution in [3.8, 4) is 17.2 Å². The highest BCUT2D eigenvalue weighted by Crippen LogP contribution is 2.33. The number of hydrogen-bond donors (Lipinski definition) is 2. The lowest BCUT2D eigenvalue weighted by molar-refractivity contribution is 0.102. The molecule has 0 saturated heterocycles. The molecule has 0 spiro atoms. The van der Waals surface area contributed by atoms with Crippen LogP contribution in [0.4, 0.5) is 5.69 Å². The average Bonchev–Trinajstić information content (AvgIpc) is 3.17. The van der Waals surface area contributed by atoms with Crippen LogP contribution < -0.4 is 5.32 Å². The molecule has 140 valence electrons. The molecular formula is C24H16N2O3. The molecule has 5 rings (SSSR count). The number of carbonyl (C=O) groups is 1. The Morgan fingerprint density at radius 1 is 0.897 bits per heavy atom. The molecule has 1 amide bonds. The molecule has 0 unspecified atom stereocenters. The van der Waals surface area contributed by atoms with Gasteiger partial charge in [0.05, 0.1) is 5.56 Å². The van der Waals surface area contributed by atoms with Crippen molar-refractivity contribution in [2.75, 3.05) is 5.32 Å². The molecule has 4 aromatic carbocycles. The van der Waals surface area contributed by atoms with E-state index in [4.69, 9.17) is 4.42 Å². The molecule has 0 aliphatic heterocycles. The quantitative estimate of drug-likeness (QED) is 0.427. The zero-order chi connectivity index (χ0) is 19.8. The zero-order valence-electron chi connectivity index (χ0n) is 15.3. The fraction of sp³-hybridized carbons (Fsp3) is 0. The summed E-state index contributed by atoms with van der Waals surface area (Å²) in [6.45, 7) is 0. The monoisotopic (exact) mass is 380 g/mol. The molecule has 5 aromatic rings. The molecule has 0 aliphatic rings. The Labute approximate surface area is 166 Å². The normalized spacial score (nSPS) is 11.0. The van der Waals surface area contributed by atoms with Gasteiger partial charge in [-0.25, -0.2) is 4.98 Å². The number of para-hydroxylation sites is 2. The Balaban J connectivity index is 1.45. The second-order valence-corrected chi connectivity index (χ2v) is 6.70. The third-order valence-electron chi connectivity index (χ3n) is 4.81. The van der Waals surface area contributed by atoms with Crippen molar-refractivity contribution in [3.05, 3.63) is 90.5 Å². The van der Waals surface area contributed by atoms with Crippen molar-refractivity contribution >= 4 is 33.5 Å². The summed E-state index contributed by atoms with van der Waals surface area (Å²) >= 11 is 0. The highest BCUT2D eigenvalue weighted by molar-refractivity contribution is 6.13. The van der Waals surface area contributed by atoms with Gasteiger partial charge in [0.2, 0.25) is 5.89 Å². The van der Waals surface area contributed by atoms with E-state index in [1.165, 1.54) is 6.07 Å². The van der Waals surface area contributed by atoms with Crippen LogP contribution >= 0.6 is 0 Å². The topological polar surface area (TPSA) is 75.4 Å². The average molecular weight is 380 g/mol. The van der Waals surface area contributed by atoms with Crippen molar-refractivity contribution < 1.29 is 14.3 Å². The third-order valence-corrected chi connectivity index (χ3v) is 4.81. The van der Waals surface area contributed by atoms with Crippen LogP contribution in [0.25, 0.3) is 33.3 Å². The molecule has 0 radical (unpaired) electrons. The molecule has 5 nitrogen and oxygen atoms in total. The molecular weight excluding hydrogens is 364 g/mol. The minimum Gasteiger partial charge on any atom is -0.507 e. The van der Waals surface area contributed by atoms with Gasteiger partial charge in [0.25, 0.3) is 5.91 Å². The zero-order valence-corrected chi connectivity index (χ0v) is 15.3. The van der Waals surface area contributed by atoms with Crippen LogP contribution in [-0.4, -0.2) is 16.0 Å². The van der Waals surface area contributed by atoms with Gasteiger partial charge in [0, 0.05) is 17.3 Å². The van der Waals surface area contributed by atoms with E-state index in [0.717, 1.165) is 16.3 Å². The molecule has 1 heterocycles. The molecule has 29 heavy (non-hydrogen) atoms. The van der Waals surface area contributed by atoms with E-state index in [0.29, 0.717) is 28.3 Å². The van der Waals surface area contributed by atoms with Gasteiger partial charge in [-0.15, -0.1) is 0 Å². The second kappa shape index (κ2) is 6.80. The van der Waals surface area contributed by atoms with Gasteiger partial charge in [-0.1, -0.05) is 48.5 Å². The summed E-state index contributed by atoms with van der Waals surface area (Å²) < 4.78 is 5.71. The van der Waals surface area contributed by atoms with Crippen molar-refractivity contribution in [2.45, 2.75) is 0 Å². The predicted molar refractivity (Wildman–Crippen MR) is 113 cm³/mol. The molecule has 1 aromatic heterocycles. The largest absolute Gasteiger partial charge is 0.507 e. The first-order valence-corrected chi connectivity index (χ1v) is 9.17. The lowest BCUT2D eigenvalue weighted by atomic mass is 10.0. The summed E-state index contributed by atoms with van der Waals surface area (Å²) in [6.07, 6.45) is 0. The smallest absolute Gasteiger partial charge is 0.256 e. The molecule has 0 fully saturated rings. The maximum atomic E-state index is 12.8. The van der Waals surface area contributed by atoms with Crippen LogP contribution in [0, 0.1) is 0 Å². The summed E-state index contributed by atoms with van der Waals surface area (Å²) in [5, 5.41) is 15.2. The van der Waals surface area contributed by atoms with E-state index < -0.39 is 0 Å². The van der Waals surface area contributed by atoms with Crippen LogP contribution in [0.1, 0.15) is 10.4 Å². The number of phenols is 1. The van der Waals surface area contributed by atoms with Crippen LogP contribution in [0.3, 0.4) is 0 Å². The molecule has 2 N–H and O–H groups in total. The number of phenolic OH excluding ortho intramolecular Hbond substituents is 1. The van der Waals surface area contributed by atoms with E-state index >= 15 is 0 Å². The van der Waals surface area contributed by atoms with Crippen LogP contribution in [-0.2, 0) is 0 Å². The lowest BCUT2D eigenvalue weighted by Gasteiger charge is -2.09. The van der Waals surface area contributed by atoms with Gasteiger partial charge in [-0.2, -0.15) is 0 Å². The Morgan fingerprint density at radius 3 is 2.55 bits per heavy atom. The number of aromatic nitrogens is 1. The summed E-state index contributed by atoms with van der Waals surface area (Å²) in [5.41, 5.74) is 2.89. The Kier molecular flexibility index (Phi) is 3.99. The number of hydrogen-bond acceptors (Lipinski definition) is 4. The Bertz CT molecular complexity index is 1330. The van der Waals surface area contributed by atoms with E-state index in [1.54, 1.807) is 18.2 Å². The number of aromatic hydroxyl groups is 1. The van der Waals surface area contributed by atoms with Gasteiger partial charge in [0.15, 0.2) is 5.58 Å². The summed E-state index contributed by atoms with van der Waals surface area (Å²) in [4.78, 5) is 17.2. The first-order chi connectivity index (χ1) is 14.2. The number of amides is 1. The summed E-state index contributed by atoms with van der Waals surface area (Å²) in [7, 11) is 0. The van der Waals surface area contributed by atoms with E-state index in [-0.39, 0.29) is 11.7 Å². The van der Waals surface area contributed by atoms with Crippen molar-refractivity contribution in [1.29, 1.82) is 0 Å². The predicted octanol–water partition coefficient (Wildman–Crippen LogP) is 5.61. The van der Waals surface area contributed by atoms with Gasteiger partial charge in [0.1, 0.15) is 11.3 Å². The van der Waals surface area contributed by atoms with Gasteiger partial charge < -0.3 is 14.8 Å². The van der Waals surface area contributed by atoms with E-state index in [9.17, 15) is 9.90 Å². The number of oxazole rings is 1. The molecule has 0 atom stereocenters. The number of nitrogens with zero attached hydrogens (tertiary/aromatic N) is 1. The van der Waals surface area contributed by atoms with Crippen LogP contribution in [0.2, 0.25) is 0 Å². The van der Waals surface area contributed by atoms with Crippen LogP contribution in [0.15, 0.2) is 89.3 Å². The maximum absolute atomic E-state index is 12.8. The minimum absolute atomic E-state index is 0.0210. The highest BCUT2D eigenvalue weighted by atomic mass is 16.3. The van der Waals surface area contributed by atoms with E-state index in [1.807, 2.05) is 60.7 Å². The fourth-order valence-electron chi connectivity index (χ4n) is 3.40. The number of anilines is 1. The number of benzene rings is 4. The number of rotatable bonds is 3. The minimum atomic E-state index is -0.240. The summed E-state index contributed by atoms with van der Waals surface area (Å²) in [5.74, 6) is 0.0683. The Morgan fingerprint density at radius 2 is 1.69 bits per heavy atom. The first kappa shape index (κ1) is 17.0. The SMILES string of the molecule is O=C(Nc1ccc(-c2nc3ccccc3o2)c(O)c1)c1cccc2ccccc12. The number of carbonyl (C=O) groups excluding carboxylic acids is 1. The molecule has 0 saturated carbocycles.